The van der Waals surface area contributed by atoms with Gasteiger partial charge in [-0.3, -0.25) is 9.69 Å². The third-order valence-electron chi connectivity index (χ3n) is 5.73. The fourth-order valence-electron chi connectivity index (χ4n) is 4.38. The van der Waals surface area contributed by atoms with Gasteiger partial charge in [0.1, 0.15) is 0 Å². The summed E-state index contributed by atoms with van der Waals surface area (Å²) in [5.41, 5.74) is 1.92. The van der Waals surface area contributed by atoms with Crippen molar-refractivity contribution in [3.8, 4) is 0 Å². The molecule has 4 nitrogen and oxygen atoms in total. The molecule has 4 rings (SSSR count). The highest BCUT2D eigenvalue weighted by molar-refractivity contribution is 5.94. The van der Waals surface area contributed by atoms with E-state index in [1.165, 1.54) is 5.56 Å². The number of likely N-dealkylation sites (tertiary alicyclic amines) is 1. The molecule has 2 aromatic rings. The van der Waals surface area contributed by atoms with Crippen molar-refractivity contribution in [1.29, 1.82) is 0 Å². The van der Waals surface area contributed by atoms with Gasteiger partial charge >= 0.3 is 0 Å². The zero-order valence-corrected chi connectivity index (χ0v) is 17.2. The maximum atomic E-state index is 12.9. The minimum Gasteiger partial charge on any atom is -0.368 e. The van der Waals surface area contributed by atoms with E-state index in [-0.39, 0.29) is 30.0 Å². The van der Waals surface area contributed by atoms with Crippen molar-refractivity contribution in [3.05, 3.63) is 71.8 Å². The molecule has 2 aliphatic rings. The number of ether oxygens (including phenoxy) is 1. The van der Waals surface area contributed by atoms with Crippen LogP contribution in [0.4, 0.5) is 0 Å². The summed E-state index contributed by atoms with van der Waals surface area (Å²) in [7, 11) is 0. The van der Waals surface area contributed by atoms with E-state index in [1.807, 2.05) is 35.2 Å². The van der Waals surface area contributed by atoms with Gasteiger partial charge in [-0.2, -0.15) is 0 Å². The van der Waals surface area contributed by atoms with Crippen LogP contribution in [-0.2, 0) is 11.3 Å². The molecule has 150 valence electrons. The van der Waals surface area contributed by atoms with E-state index in [1.54, 1.807) is 0 Å². The number of rotatable bonds is 3. The number of hydrogen-bond acceptors (Lipinski definition) is 3. The highest BCUT2D eigenvalue weighted by Gasteiger charge is 2.43. The van der Waals surface area contributed by atoms with Crippen LogP contribution < -0.4 is 0 Å². The smallest absolute Gasteiger partial charge is 0.254 e. The largest absolute Gasteiger partial charge is 0.368 e. The third-order valence-corrected chi connectivity index (χ3v) is 5.73. The standard InChI is InChI=1S/C23H28N2O2.ClH/c1-19-16-25(22(26)21-10-6-3-7-11-21)18-23(27-19)12-14-24(15-13-23)17-20-8-4-2-5-9-20;/h2-11,19H,12-18H2,1H3;1H. The molecule has 0 aromatic heterocycles. The van der Waals surface area contributed by atoms with Gasteiger partial charge in [0.25, 0.3) is 5.91 Å². The maximum Gasteiger partial charge on any atom is 0.254 e. The number of carbonyl (C=O) groups is 1. The quantitative estimate of drug-likeness (QED) is 0.780. The van der Waals surface area contributed by atoms with Crippen LogP contribution in [0.5, 0.6) is 0 Å². The lowest BCUT2D eigenvalue weighted by atomic mass is 9.88. The Morgan fingerprint density at radius 2 is 1.64 bits per heavy atom. The summed E-state index contributed by atoms with van der Waals surface area (Å²) in [5, 5.41) is 0. The molecule has 0 saturated carbocycles. The van der Waals surface area contributed by atoms with Gasteiger partial charge in [0.2, 0.25) is 0 Å². The van der Waals surface area contributed by atoms with E-state index < -0.39 is 0 Å². The number of hydrogen-bond donors (Lipinski definition) is 0. The number of morpholine rings is 1. The zero-order valence-electron chi connectivity index (χ0n) is 16.4. The third kappa shape index (κ3) is 4.75. The summed E-state index contributed by atoms with van der Waals surface area (Å²) in [6.45, 7) is 6.46. The van der Waals surface area contributed by atoms with E-state index in [0.717, 1.165) is 38.0 Å². The van der Waals surface area contributed by atoms with Crippen molar-refractivity contribution in [2.45, 2.75) is 38.0 Å². The van der Waals surface area contributed by atoms with E-state index in [0.29, 0.717) is 13.1 Å². The Balaban J connectivity index is 0.00000225. The first-order valence-electron chi connectivity index (χ1n) is 9.92. The molecule has 1 amide bonds. The van der Waals surface area contributed by atoms with Crippen LogP contribution in [0.3, 0.4) is 0 Å². The molecule has 2 aromatic carbocycles. The maximum absolute atomic E-state index is 12.9. The Bertz CT molecular complexity index is 761. The minimum absolute atomic E-state index is 0. The molecule has 2 fully saturated rings. The van der Waals surface area contributed by atoms with Crippen molar-refractivity contribution >= 4 is 18.3 Å². The zero-order chi connectivity index (χ0) is 18.7. The fourth-order valence-corrected chi connectivity index (χ4v) is 4.38. The van der Waals surface area contributed by atoms with Gasteiger partial charge in [0.15, 0.2) is 0 Å². The number of piperidine rings is 1. The Kier molecular flexibility index (Phi) is 6.76. The second-order valence-corrected chi connectivity index (χ2v) is 7.92. The van der Waals surface area contributed by atoms with Crippen LogP contribution in [0.15, 0.2) is 60.7 Å². The van der Waals surface area contributed by atoms with Gasteiger partial charge in [-0.15, -0.1) is 12.4 Å². The minimum atomic E-state index is -0.199. The van der Waals surface area contributed by atoms with Crippen LogP contribution in [0.1, 0.15) is 35.7 Å². The van der Waals surface area contributed by atoms with Crippen LogP contribution >= 0.6 is 12.4 Å². The number of carbonyl (C=O) groups excluding carboxylic acids is 1. The van der Waals surface area contributed by atoms with Gasteiger partial charge in [0.05, 0.1) is 18.2 Å². The highest BCUT2D eigenvalue weighted by atomic mass is 35.5. The van der Waals surface area contributed by atoms with Gasteiger partial charge < -0.3 is 9.64 Å². The predicted molar refractivity (Wildman–Crippen MR) is 114 cm³/mol. The molecule has 0 bridgehead atoms. The number of halogens is 1. The number of amides is 1. The molecular weight excluding hydrogens is 372 g/mol. The van der Waals surface area contributed by atoms with Gasteiger partial charge in [-0.25, -0.2) is 0 Å². The molecule has 1 unspecified atom stereocenters. The second kappa shape index (κ2) is 9.08. The van der Waals surface area contributed by atoms with Gasteiger partial charge in [-0.05, 0) is 37.5 Å². The Labute approximate surface area is 173 Å². The molecule has 2 heterocycles. The van der Waals surface area contributed by atoms with Crippen molar-refractivity contribution in [1.82, 2.24) is 9.80 Å². The summed E-state index contributed by atoms with van der Waals surface area (Å²) in [6, 6.07) is 20.2. The molecule has 0 N–H and O–H groups in total. The monoisotopic (exact) mass is 400 g/mol. The lowest BCUT2D eigenvalue weighted by Gasteiger charge is -2.49. The number of benzene rings is 2. The summed E-state index contributed by atoms with van der Waals surface area (Å²) in [4.78, 5) is 17.4. The lowest BCUT2D eigenvalue weighted by molar-refractivity contribution is -0.162. The molecule has 1 spiro atoms. The molecule has 0 aliphatic carbocycles. The first kappa shape index (κ1) is 20.8. The van der Waals surface area contributed by atoms with E-state index in [2.05, 4.69) is 42.2 Å². The summed E-state index contributed by atoms with van der Waals surface area (Å²) < 4.78 is 6.41. The molecule has 2 saturated heterocycles. The molecule has 0 radical (unpaired) electrons. The first-order valence-corrected chi connectivity index (χ1v) is 9.92. The molecular formula is C23H29ClN2O2. The normalized spacial score (nSPS) is 21.9. The van der Waals surface area contributed by atoms with Crippen LogP contribution in [0.2, 0.25) is 0 Å². The Morgan fingerprint density at radius 1 is 1.04 bits per heavy atom. The average Bonchev–Trinajstić information content (AvgIpc) is 2.70. The highest BCUT2D eigenvalue weighted by Crippen LogP contribution is 2.33. The van der Waals surface area contributed by atoms with Gasteiger partial charge in [-0.1, -0.05) is 48.5 Å². The Hall–Kier alpha value is -1.88. The predicted octanol–water partition coefficient (Wildman–Crippen LogP) is 4.00. The first-order chi connectivity index (χ1) is 13.1. The summed E-state index contributed by atoms with van der Waals surface area (Å²) >= 11 is 0. The van der Waals surface area contributed by atoms with E-state index in [4.69, 9.17) is 4.74 Å². The SMILES string of the molecule is CC1CN(C(=O)c2ccccc2)CC2(CCN(Cc3ccccc3)CC2)O1.Cl. The fraction of sp³-hybridized carbons (Fsp3) is 0.435. The van der Waals surface area contributed by atoms with Crippen molar-refractivity contribution in [2.75, 3.05) is 26.2 Å². The molecule has 5 heteroatoms. The van der Waals surface area contributed by atoms with E-state index >= 15 is 0 Å². The van der Waals surface area contributed by atoms with Crippen LogP contribution in [-0.4, -0.2) is 53.6 Å². The van der Waals surface area contributed by atoms with Crippen LogP contribution in [0.25, 0.3) is 0 Å². The van der Waals surface area contributed by atoms with Crippen LogP contribution in [0, 0.1) is 0 Å². The summed E-state index contributed by atoms with van der Waals surface area (Å²) in [6.07, 6.45) is 2.03. The van der Waals surface area contributed by atoms with Crippen molar-refractivity contribution in [3.63, 3.8) is 0 Å². The Morgan fingerprint density at radius 3 is 2.29 bits per heavy atom. The molecule has 1 atom stereocenters. The van der Waals surface area contributed by atoms with E-state index in [9.17, 15) is 4.79 Å². The average molecular weight is 401 g/mol. The molecule has 2 aliphatic heterocycles. The summed E-state index contributed by atoms with van der Waals surface area (Å²) in [5.74, 6) is 0.122. The lowest BCUT2D eigenvalue weighted by Crippen LogP contribution is -2.60. The molecule has 28 heavy (non-hydrogen) atoms. The topological polar surface area (TPSA) is 32.8 Å². The van der Waals surface area contributed by atoms with Gasteiger partial charge in [0, 0.05) is 31.7 Å². The second-order valence-electron chi connectivity index (χ2n) is 7.92. The number of nitrogens with zero attached hydrogens (tertiary/aromatic N) is 2. The van der Waals surface area contributed by atoms with Crippen molar-refractivity contribution < 1.29 is 9.53 Å². The van der Waals surface area contributed by atoms with Crippen molar-refractivity contribution in [2.24, 2.45) is 0 Å².